The average molecular weight is 1390 g/mol. The van der Waals surface area contributed by atoms with Gasteiger partial charge in [-0.1, -0.05) is 78.4 Å². The fourth-order valence-corrected chi connectivity index (χ4v) is 16.1. The molecule has 0 saturated carbocycles. The number of hydrogen-bond acceptors (Lipinski definition) is 21. The zero-order valence-corrected chi connectivity index (χ0v) is 55.9. The van der Waals surface area contributed by atoms with Crippen molar-refractivity contribution in [2.45, 2.75) is 82.1 Å². The molecule has 27 heteroatoms. The lowest BCUT2D eigenvalue weighted by Crippen LogP contribution is -2.35. The van der Waals surface area contributed by atoms with Crippen molar-refractivity contribution in [2.75, 3.05) is 66.7 Å². The van der Waals surface area contributed by atoms with Crippen LogP contribution in [0.15, 0.2) is 185 Å². The molecule has 0 atom stereocenters. The highest BCUT2D eigenvalue weighted by molar-refractivity contribution is 7.92. The molecule has 0 unspecified atom stereocenters. The van der Waals surface area contributed by atoms with E-state index < -0.39 is 41.3 Å². The highest BCUT2D eigenvalue weighted by Gasteiger charge is 2.33. The number of nitrogens with zero attached hydrogens (tertiary/aromatic N) is 6. The van der Waals surface area contributed by atoms with Crippen molar-refractivity contribution in [2.24, 2.45) is 0 Å². The Morgan fingerprint density at radius 1 is 0.439 bits per heavy atom. The Kier molecular flexibility index (Phi) is 23.5. The van der Waals surface area contributed by atoms with Crippen LogP contribution in [0.3, 0.4) is 0 Å². The number of benzene rings is 6. The molecule has 3 aliphatic rings. The number of hydrogen-bond donors (Lipinski definition) is 9. The maximum atomic E-state index is 13.1. The van der Waals surface area contributed by atoms with Gasteiger partial charge in [-0.2, -0.15) is 13.2 Å². The monoisotopic (exact) mass is 1390 g/mol. The van der Waals surface area contributed by atoms with Crippen LogP contribution in [0, 0.1) is 6.92 Å². The quantitative estimate of drug-likeness (QED) is 0.0360. The third-order valence-corrected chi connectivity index (χ3v) is 23.2. The topological polar surface area (TPSA) is 324 Å². The first-order chi connectivity index (χ1) is 47.0. The number of aryl methyl sites for hydroxylation is 1. The van der Waals surface area contributed by atoms with E-state index in [1.54, 1.807) is 110 Å². The van der Waals surface area contributed by atoms with E-state index in [1.165, 1.54) is 30.1 Å². The molecular weight excluding hydrogens is 1310 g/mol. The molecule has 9 aromatic rings. The van der Waals surface area contributed by atoms with Crippen LogP contribution in [0.1, 0.15) is 83.0 Å². The summed E-state index contributed by atoms with van der Waals surface area (Å²) in [4.78, 5) is 26.7. The summed E-state index contributed by atoms with van der Waals surface area (Å²) in [5.41, 5.74) is 18.2. The summed E-state index contributed by atoms with van der Waals surface area (Å²) >= 11 is 0. The second kappa shape index (κ2) is 32.4. The molecule has 3 aromatic heterocycles. The van der Waals surface area contributed by atoms with Gasteiger partial charge in [-0.05, 0) is 193 Å². The Hall–Kier alpha value is -9.90. The van der Waals surface area contributed by atoms with Gasteiger partial charge in [0.25, 0.3) is 0 Å². The molecule has 3 saturated heterocycles. The number of halogens is 3. The molecule has 6 aromatic carbocycles. The number of phenols is 1. The number of phenolic OH excluding ortho intramolecular Hbond substituents is 1. The summed E-state index contributed by atoms with van der Waals surface area (Å²) in [6.07, 6.45) is 19.8. The van der Waals surface area contributed by atoms with Crippen molar-refractivity contribution in [1.29, 1.82) is 0 Å². The third kappa shape index (κ3) is 19.4. The van der Waals surface area contributed by atoms with Crippen LogP contribution in [-0.4, -0.2) is 115 Å². The maximum absolute atomic E-state index is 13.1. The Morgan fingerprint density at radius 2 is 0.776 bits per heavy atom. The third-order valence-electron chi connectivity index (χ3n) is 16.4. The molecule has 98 heavy (non-hydrogen) atoms. The van der Waals surface area contributed by atoms with E-state index in [0.29, 0.717) is 84.6 Å². The van der Waals surface area contributed by atoms with E-state index in [1.807, 2.05) is 42.5 Å². The number of rotatable bonds is 18. The Labute approximate surface area is 568 Å². The number of anilines is 8. The fourth-order valence-electron chi connectivity index (χ4n) is 10.9. The number of nitrogens with one attached hydrogen (secondary N) is 6. The highest BCUT2D eigenvalue weighted by atomic mass is 32.2. The molecule has 3 aliphatic heterocycles. The molecule has 12 rings (SSSR count). The van der Waals surface area contributed by atoms with E-state index in [4.69, 9.17) is 11.5 Å². The summed E-state index contributed by atoms with van der Waals surface area (Å²) in [6, 6.07) is 36.8. The minimum Gasteiger partial charge on any atom is -0.508 e. The second-order valence-electron chi connectivity index (χ2n) is 23.5. The first-order valence-electron chi connectivity index (χ1n) is 31.6. The van der Waals surface area contributed by atoms with Gasteiger partial charge in [0.15, 0.2) is 29.5 Å². The highest BCUT2D eigenvalue weighted by Crippen LogP contribution is 2.36. The minimum atomic E-state index is -4.55. The maximum Gasteiger partial charge on any atom is 0.416 e. The molecule has 6 heterocycles. The van der Waals surface area contributed by atoms with Crippen LogP contribution < -0.4 is 43.4 Å². The molecule has 0 aliphatic carbocycles. The van der Waals surface area contributed by atoms with Gasteiger partial charge >= 0.3 is 6.18 Å². The van der Waals surface area contributed by atoms with Crippen molar-refractivity contribution < 1.29 is 43.5 Å². The molecule has 510 valence electrons. The first kappa shape index (κ1) is 70.9. The minimum absolute atomic E-state index is 0.0454. The number of piperidine rings is 3. The van der Waals surface area contributed by atoms with Crippen LogP contribution in [0.25, 0.3) is 36.5 Å². The van der Waals surface area contributed by atoms with Crippen molar-refractivity contribution in [3.05, 3.63) is 215 Å². The number of alkyl halides is 3. The summed E-state index contributed by atoms with van der Waals surface area (Å²) in [5.74, 6) is 1.38. The number of sulfone groups is 3. The number of aromatic nitrogens is 6. The largest absolute Gasteiger partial charge is 0.508 e. The van der Waals surface area contributed by atoms with E-state index in [0.717, 1.165) is 71.9 Å². The average Bonchev–Trinajstić information content (AvgIpc) is 0.828. The second-order valence-corrected chi connectivity index (χ2v) is 30.2. The molecule has 0 bridgehead atoms. The van der Waals surface area contributed by atoms with Gasteiger partial charge in [0.1, 0.15) is 5.75 Å². The van der Waals surface area contributed by atoms with Gasteiger partial charge in [-0.15, -0.1) is 0 Å². The summed E-state index contributed by atoms with van der Waals surface area (Å²) in [5, 5.41) is 27.1. The van der Waals surface area contributed by atoms with Crippen LogP contribution in [0.2, 0.25) is 0 Å². The lowest BCUT2D eigenvalue weighted by molar-refractivity contribution is -0.137. The first-order valence-corrected chi connectivity index (χ1v) is 36.3. The van der Waals surface area contributed by atoms with Crippen molar-refractivity contribution in [3.8, 4) is 5.75 Å². The summed E-state index contributed by atoms with van der Waals surface area (Å²) < 4.78 is 116. The molecule has 0 amide bonds. The Morgan fingerprint density at radius 3 is 1.12 bits per heavy atom. The van der Waals surface area contributed by atoms with E-state index in [9.17, 15) is 43.5 Å². The zero-order chi connectivity index (χ0) is 69.3. The smallest absolute Gasteiger partial charge is 0.416 e. The van der Waals surface area contributed by atoms with Crippen molar-refractivity contribution in [1.82, 2.24) is 45.9 Å². The molecule has 21 nitrogen and oxygen atoms in total. The van der Waals surface area contributed by atoms with Crippen molar-refractivity contribution >= 4 is 112 Å². The molecule has 0 radical (unpaired) electrons. The normalized spacial score (nSPS) is 15.3. The number of nitrogen functional groups attached to an aromatic ring is 2. The zero-order valence-electron chi connectivity index (χ0n) is 53.4. The van der Waals surface area contributed by atoms with E-state index in [-0.39, 0.29) is 49.3 Å². The molecule has 11 N–H and O–H groups in total. The van der Waals surface area contributed by atoms with Gasteiger partial charge < -0.3 is 48.5 Å². The van der Waals surface area contributed by atoms with Crippen LogP contribution in [-0.2, 0) is 35.7 Å². The standard InChI is InChI=1S/C24H25F3N6O2S.C24H26N4O2S.C23H24N4O3S/c25-24(26,27)17-11-16(22(29)21(28)12-17)2-1-15-13-31-23(32-14-15)33-18-3-5-19(6-4-18)36(34,35)20-7-9-30-10-8-20;1-18-3-2-4-19(15-18)5-6-20-16-26-24(27-17-20)28-21-7-9-22(10-8-21)31(29,30)23-11-13-25-14-12-23;28-20-7-3-17(4-8-20)1-2-18-15-25-23(26-16-18)27-19-5-9-21(10-6-19)31(29,30)22-11-13-24-14-12-22/h1-6,11-14,20,30H,7-10,28-29H2,(H,31,32,33);2-10,15-17,23,25H,11-14H2,1H3,(H,26,27,28);1-10,15-16,22,24,28H,11-14H2,(H,25,26,27)/b2-1+;6-5+;2-1+. The summed E-state index contributed by atoms with van der Waals surface area (Å²) in [7, 11) is -9.99. The Balaban J connectivity index is 0.000000160. The predicted molar refractivity (Wildman–Crippen MR) is 381 cm³/mol. The van der Waals surface area contributed by atoms with E-state index >= 15 is 0 Å². The molecular formula is C71H75F3N14O7S3. The van der Waals surface area contributed by atoms with Gasteiger partial charge in [0.2, 0.25) is 17.8 Å². The van der Waals surface area contributed by atoms with Gasteiger partial charge in [-0.25, -0.2) is 55.2 Å². The lowest BCUT2D eigenvalue weighted by Gasteiger charge is -2.22. The van der Waals surface area contributed by atoms with Crippen LogP contribution in [0.5, 0.6) is 5.75 Å². The van der Waals surface area contributed by atoms with Gasteiger partial charge in [0.05, 0.1) is 47.4 Å². The Bertz CT molecular complexity index is 4580. The van der Waals surface area contributed by atoms with E-state index in [2.05, 4.69) is 86.9 Å². The lowest BCUT2D eigenvalue weighted by atomic mass is 10.1. The van der Waals surface area contributed by atoms with Crippen LogP contribution >= 0.6 is 0 Å². The number of aromatic hydroxyl groups is 1. The van der Waals surface area contributed by atoms with Gasteiger partial charge in [-0.3, -0.25) is 0 Å². The summed E-state index contributed by atoms with van der Waals surface area (Å²) in [6.45, 7) is 6.41. The molecule has 3 fully saturated rings. The molecule has 0 spiro atoms. The van der Waals surface area contributed by atoms with Crippen LogP contribution in [0.4, 0.5) is 59.5 Å². The predicted octanol–water partition coefficient (Wildman–Crippen LogP) is 11.9. The number of nitrogens with two attached hydrogens (primary N) is 2. The van der Waals surface area contributed by atoms with Crippen molar-refractivity contribution in [3.63, 3.8) is 0 Å². The SMILES string of the molecule is Cc1cccc(/C=C/c2cnc(Nc3ccc(S(=O)(=O)C4CCNCC4)cc3)nc2)c1.Nc1cc(C(F)(F)F)cc(/C=C/c2cnc(Nc3ccc(S(=O)(=O)C4CCNCC4)cc3)nc2)c1N.O=S(=O)(c1ccc(Nc2ncc(/C=C/c3ccc(O)cc3)cn2)cc1)C1CCNCC1. The van der Waals surface area contributed by atoms with Gasteiger partial charge in [0, 0.05) is 76.5 Å². The fraction of sp³-hybridized carbons (Fsp3) is 0.239.